The fraction of sp³-hybridized carbons (Fsp3) is 0.462. The predicted molar refractivity (Wildman–Crippen MR) is 57.9 cm³/mol. The van der Waals surface area contributed by atoms with Crippen LogP contribution in [0.3, 0.4) is 0 Å². The van der Waals surface area contributed by atoms with Gasteiger partial charge in [-0.05, 0) is 43.1 Å². The Labute approximate surface area is 88.6 Å². The number of aromatic hydroxyl groups is 1. The summed E-state index contributed by atoms with van der Waals surface area (Å²) in [6.45, 7) is 0. The van der Waals surface area contributed by atoms with Gasteiger partial charge in [0, 0.05) is 5.56 Å². The van der Waals surface area contributed by atoms with Crippen molar-refractivity contribution in [1.29, 1.82) is 0 Å². The van der Waals surface area contributed by atoms with Gasteiger partial charge in [0.1, 0.15) is 0 Å². The van der Waals surface area contributed by atoms with Crippen LogP contribution in [0.4, 0.5) is 0 Å². The fourth-order valence-corrected chi connectivity index (χ4v) is 2.90. The van der Waals surface area contributed by atoms with Crippen molar-refractivity contribution in [2.24, 2.45) is 11.8 Å². The standard InChI is InChI=1S/C13H14O2/c14-12-4-2-1-3-11(13(12)15)10-6-8-5-9(8)7-10/h1-4,8-10H,5-7H2,(H,14,15). The summed E-state index contributed by atoms with van der Waals surface area (Å²) in [5.74, 6) is 2.12. The zero-order valence-corrected chi connectivity index (χ0v) is 8.52. The Morgan fingerprint density at radius 2 is 1.73 bits per heavy atom. The van der Waals surface area contributed by atoms with Gasteiger partial charge in [0.15, 0.2) is 5.75 Å². The summed E-state index contributed by atoms with van der Waals surface area (Å²) in [5, 5.41) is 9.81. The van der Waals surface area contributed by atoms with Crippen molar-refractivity contribution in [3.8, 4) is 5.75 Å². The van der Waals surface area contributed by atoms with E-state index in [1.54, 1.807) is 6.07 Å². The molecule has 0 radical (unpaired) electrons. The Bertz CT molecular complexity index is 443. The lowest BCUT2D eigenvalue weighted by Gasteiger charge is -2.11. The molecule has 2 heteroatoms. The van der Waals surface area contributed by atoms with Crippen LogP contribution in [0, 0.1) is 11.8 Å². The lowest BCUT2D eigenvalue weighted by atomic mass is 9.95. The molecule has 0 spiro atoms. The van der Waals surface area contributed by atoms with Gasteiger partial charge in [-0.15, -0.1) is 0 Å². The minimum absolute atomic E-state index is 0.0358. The lowest BCUT2D eigenvalue weighted by Crippen LogP contribution is -2.01. The third kappa shape index (κ3) is 1.44. The van der Waals surface area contributed by atoms with Gasteiger partial charge in [0.25, 0.3) is 0 Å². The molecule has 0 aromatic heterocycles. The van der Waals surface area contributed by atoms with E-state index in [0.717, 1.165) is 30.2 Å². The number of hydrogen-bond acceptors (Lipinski definition) is 2. The largest absolute Gasteiger partial charge is 0.504 e. The van der Waals surface area contributed by atoms with E-state index in [4.69, 9.17) is 0 Å². The zero-order chi connectivity index (χ0) is 10.4. The first kappa shape index (κ1) is 8.96. The molecule has 2 fully saturated rings. The van der Waals surface area contributed by atoms with Crippen LogP contribution in [0.2, 0.25) is 0 Å². The summed E-state index contributed by atoms with van der Waals surface area (Å²) in [7, 11) is 0. The normalized spacial score (nSPS) is 32.4. The van der Waals surface area contributed by atoms with Crippen LogP contribution >= 0.6 is 0 Å². The van der Waals surface area contributed by atoms with Crippen LogP contribution < -0.4 is 5.43 Å². The molecule has 2 saturated carbocycles. The highest BCUT2D eigenvalue weighted by molar-refractivity contribution is 5.35. The molecule has 0 bridgehead atoms. The molecule has 0 aliphatic heterocycles. The number of hydrogen-bond donors (Lipinski definition) is 1. The molecule has 2 aliphatic carbocycles. The second-order valence-electron chi connectivity index (χ2n) is 4.81. The third-order valence-corrected chi connectivity index (χ3v) is 3.82. The highest BCUT2D eigenvalue weighted by Gasteiger charge is 2.46. The summed E-state index contributed by atoms with van der Waals surface area (Å²) in [6, 6.07) is 6.86. The summed E-state index contributed by atoms with van der Waals surface area (Å²) < 4.78 is 0. The van der Waals surface area contributed by atoms with Gasteiger partial charge in [0.2, 0.25) is 5.43 Å². The van der Waals surface area contributed by atoms with E-state index in [1.807, 2.05) is 12.1 Å². The Hall–Kier alpha value is -1.31. The first-order valence-electron chi connectivity index (χ1n) is 5.58. The minimum Gasteiger partial charge on any atom is -0.504 e. The lowest BCUT2D eigenvalue weighted by molar-refractivity contribution is 0.453. The van der Waals surface area contributed by atoms with Crippen LogP contribution in [-0.4, -0.2) is 5.11 Å². The molecular weight excluding hydrogens is 188 g/mol. The monoisotopic (exact) mass is 202 g/mol. The maximum atomic E-state index is 11.4. The van der Waals surface area contributed by atoms with Gasteiger partial charge >= 0.3 is 0 Å². The Morgan fingerprint density at radius 3 is 2.47 bits per heavy atom. The van der Waals surface area contributed by atoms with Crippen molar-refractivity contribution in [3.05, 3.63) is 40.1 Å². The summed E-state index contributed by atoms with van der Waals surface area (Å²) in [4.78, 5) is 11.4. The van der Waals surface area contributed by atoms with Crippen LogP contribution in [0.25, 0.3) is 0 Å². The highest BCUT2D eigenvalue weighted by Crippen LogP contribution is 2.58. The molecule has 1 aromatic carbocycles. The molecule has 1 aromatic rings. The molecule has 2 nitrogen and oxygen atoms in total. The van der Waals surface area contributed by atoms with Crippen molar-refractivity contribution in [2.45, 2.75) is 25.2 Å². The zero-order valence-electron chi connectivity index (χ0n) is 8.52. The molecule has 3 rings (SSSR count). The van der Waals surface area contributed by atoms with E-state index in [-0.39, 0.29) is 11.2 Å². The smallest absolute Gasteiger partial charge is 0.220 e. The van der Waals surface area contributed by atoms with Crippen LogP contribution in [0.15, 0.2) is 29.1 Å². The maximum Gasteiger partial charge on any atom is 0.220 e. The second kappa shape index (κ2) is 3.09. The van der Waals surface area contributed by atoms with E-state index in [2.05, 4.69) is 0 Å². The molecule has 1 N–H and O–H groups in total. The summed E-state index contributed by atoms with van der Waals surface area (Å²) in [6.07, 6.45) is 3.67. The van der Waals surface area contributed by atoms with Gasteiger partial charge in [-0.2, -0.15) is 0 Å². The first-order chi connectivity index (χ1) is 7.25. The molecule has 2 atom stereocenters. The van der Waals surface area contributed by atoms with Crippen molar-refractivity contribution in [3.63, 3.8) is 0 Å². The van der Waals surface area contributed by atoms with E-state index in [9.17, 15) is 9.90 Å². The molecule has 78 valence electrons. The molecule has 0 heterocycles. The van der Waals surface area contributed by atoms with Crippen LogP contribution in [0.1, 0.15) is 30.7 Å². The third-order valence-electron chi connectivity index (χ3n) is 3.82. The highest BCUT2D eigenvalue weighted by atomic mass is 16.3. The Kier molecular flexibility index (Phi) is 1.84. The van der Waals surface area contributed by atoms with Crippen LogP contribution in [0.5, 0.6) is 5.75 Å². The Morgan fingerprint density at radius 1 is 1.07 bits per heavy atom. The second-order valence-corrected chi connectivity index (χ2v) is 4.81. The van der Waals surface area contributed by atoms with Gasteiger partial charge in [-0.1, -0.05) is 18.2 Å². The maximum absolute atomic E-state index is 11.4. The summed E-state index contributed by atoms with van der Waals surface area (Å²) in [5.41, 5.74) is 0.604. The van der Waals surface area contributed by atoms with Gasteiger partial charge in [0.05, 0.1) is 0 Å². The average molecular weight is 202 g/mol. The number of fused-ring (bicyclic) bond motifs is 1. The van der Waals surface area contributed by atoms with Crippen molar-refractivity contribution >= 4 is 0 Å². The van der Waals surface area contributed by atoms with Crippen molar-refractivity contribution < 1.29 is 5.11 Å². The van der Waals surface area contributed by atoms with Gasteiger partial charge in [-0.25, -0.2) is 0 Å². The average Bonchev–Trinajstić information content (AvgIpc) is 2.88. The Balaban J connectivity index is 2.01. The summed E-state index contributed by atoms with van der Waals surface area (Å²) >= 11 is 0. The molecule has 15 heavy (non-hydrogen) atoms. The first-order valence-corrected chi connectivity index (χ1v) is 5.58. The molecule has 2 aliphatic rings. The molecule has 0 amide bonds. The van der Waals surface area contributed by atoms with Crippen molar-refractivity contribution in [2.75, 3.05) is 0 Å². The number of rotatable bonds is 1. The van der Waals surface area contributed by atoms with E-state index < -0.39 is 0 Å². The van der Waals surface area contributed by atoms with E-state index in [1.165, 1.54) is 12.5 Å². The molecular formula is C13H14O2. The molecule has 0 saturated heterocycles. The van der Waals surface area contributed by atoms with Gasteiger partial charge in [-0.3, -0.25) is 4.79 Å². The molecule has 2 unspecified atom stereocenters. The van der Waals surface area contributed by atoms with Gasteiger partial charge < -0.3 is 5.11 Å². The topological polar surface area (TPSA) is 37.3 Å². The van der Waals surface area contributed by atoms with Crippen LogP contribution in [-0.2, 0) is 0 Å². The fourth-order valence-electron chi connectivity index (χ4n) is 2.90. The predicted octanol–water partition coefficient (Wildman–Crippen LogP) is 2.27. The SMILES string of the molecule is O=c1ccccc(C2CC3CC3C2)c1O. The van der Waals surface area contributed by atoms with E-state index in [0.29, 0.717) is 5.92 Å². The van der Waals surface area contributed by atoms with Crippen molar-refractivity contribution in [1.82, 2.24) is 0 Å². The quantitative estimate of drug-likeness (QED) is 0.758. The van der Waals surface area contributed by atoms with E-state index >= 15 is 0 Å². The minimum atomic E-state index is -0.254.